The summed E-state index contributed by atoms with van der Waals surface area (Å²) in [6.07, 6.45) is 0. The lowest BCUT2D eigenvalue weighted by Crippen LogP contribution is -2.06. The van der Waals surface area contributed by atoms with Gasteiger partial charge in [-0.15, -0.1) is 11.6 Å². The van der Waals surface area contributed by atoms with Crippen molar-refractivity contribution in [2.24, 2.45) is 0 Å². The molecule has 0 aliphatic rings. The minimum absolute atomic E-state index is 0.304. The zero-order valence-electron chi connectivity index (χ0n) is 18.0. The molecule has 0 amide bonds. The SMILES string of the molecule is CCOc1ccc(Cn2c(CCl)nc3cc(OCC)c(OCC)cc32)cc1OCC. The largest absolute Gasteiger partial charge is 0.490 e. The van der Waals surface area contributed by atoms with Crippen molar-refractivity contribution < 1.29 is 18.9 Å². The molecule has 3 aromatic rings. The predicted molar refractivity (Wildman–Crippen MR) is 120 cm³/mol. The highest BCUT2D eigenvalue weighted by Gasteiger charge is 2.16. The Bertz CT molecular complexity index is 987. The molecule has 0 fully saturated rings. The highest BCUT2D eigenvalue weighted by molar-refractivity contribution is 6.16. The first kappa shape index (κ1) is 22.1. The summed E-state index contributed by atoms with van der Waals surface area (Å²) in [6, 6.07) is 9.89. The summed E-state index contributed by atoms with van der Waals surface area (Å²) < 4.78 is 25.1. The van der Waals surface area contributed by atoms with E-state index in [4.69, 9.17) is 35.5 Å². The number of fused-ring (bicyclic) bond motifs is 1. The number of nitrogens with zero attached hydrogens (tertiary/aromatic N) is 2. The second-order valence-corrected chi connectivity index (χ2v) is 6.82. The van der Waals surface area contributed by atoms with Crippen LogP contribution >= 0.6 is 11.6 Å². The predicted octanol–water partition coefficient (Wildman–Crippen LogP) is 5.42. The number of imidazole rings is 1. The van der Waals surface area contributed by atoms with Crippen LogP contribution in [0.3, 0.4) is 0 Å². The van der Waals surface area contributed by atoms with E-state index in [-0.39, 0.29) is 0 Å². The summed E-state index contributed by atoms with van der Waals surface area (Å²) in [5.41, 5.74) is 2.84. The molecule has 0 aliphatic heterocycles. The molecule has 0 aliphatic carbocycles. The van der Waals surface area contributed by atoms with Crippen LogP contribution in [0.25, 0.3) is 11.0 Å². The Morgan fingerprint density at radius 1 is 0.767 bits per heavy atom. The smallest absolute Gasteiger partial charge is 0.163 e. The van der Waals surface area contributed by atoms with Gasteiger partial charge in [0.2, 0.25) is 0 Å². The zero-order valence-corrected chi connectivity index (χ0v) is 18.8. The number of benzene rings is 2. The fourth-order valence-electron chi connectivity index (χ4n) is 3.37. The second kappa shape index (κ2) is 10.4. The molecule has 162 valence electrons. The molecule has 3 rings (SSSR count). The van der Waals surface area contributed by atoms with Crippen molar-refractivity contribution >= 4 is 22.6 Å². The lowest BCUT2D eigenvalue weighted by Gasteiger charge is -2.14. The van der Waals surface area contributed by atoms with Gasteiger partial charge in [-0.3, -0.25) is 0 Å². The van der Waals surface area contributed by atoms with Crippen LogP contribution in [0.15, 0.2) is 30.3 Å². The minimum Gasteiger partial charge on any atom is -0.490 e. The third kappa shape index (κ3) is 4.75. The van der Waals surface area contributed by atoms with Crippen molar-refractivity contribution in [3.8, 4) is 23.0 Å². The third-order valence-corrected chi connectivity index (χ3v) is 4.80. The van der Waals surface area contributed by atoms with Gasteiger partial charge in [0.15, 0.2) is 23.0 Å². The molecular formula is C23H29ClN2O4. The van der Waals surface area contributed by atoms with Crippen LogP contribution in [0.5, 0.6) is 23.0 Å². The van der Waals surface area contributed by atoms with Crippen LogP contribution in [0, 0.1) is 0 Å². The van der Waals surface area contributed by atoms with Crippen molar-refractivity contribution in [2.75, 3.05) is 26.4 Å². The van der Waals surface area contributed by atoms with Crippen LogP contribution < -0.4 is 18.9 Å². The summed E-state index contributed by atoms with van der Waals surface area (Å²) in [6.45, 7) is 10.7. The van der Waals surface area contributed by atoms with E-state index < -0.39 is 0 Å². The zero-order chi connectivity index (χ0) is 21.5. The fraction of sp³-hybridized carbons (Fsp3) is 0.435. The highest BCUT2D eigenvalue weighted by Crippen LogP contribution is 2.34. The number of hydrogen-bond donors (Lipinski definition) is 0. The van der Waals surface area contributed by atoms with Crippen LogP contribution in [0.1, 0.15) is 39.1 Å². The van der Waals surface area contributed by atoms with E-state index in [0.29, 0.717) is 50.4 Å². The minimum atomic E-state index is 0.304. The Balaban J connectivity index is 2.04. The van der Waals surface area contributed by atoms with E-state index in [1.807, 2.05) is 58.0 Å². The Morgan fingerprint density at radius 2 is 1.33 bits per heavy atom. The first-order valence-corrected chi connectivity index (χ1v) is 10.9. The molecule has 2 aromatic carbocycles. The van der Waals surface area contributed by atoms with Crippen molar-refractivity contribution in [1.82, 2.24) is 9.55 Å². The maximum absolute atomic E-state index is 6.23. The van der Waals surface area contributed by atoms with Gasteiger partial charge >= 0.3 is 0 Å². The molecule has 7 heteroatoms. The molecule has 30 heavy (non-hydrogen) atoms. The average molecular weight is 433 g/mol. The van der Waals surface area contributed by atoms with Gasteiger partial charge in [0.05, 0.1) is 43.3 Å². The van der Waals surface area contributed by atoms with Crippen molar-refractivity contribution in [3.05, 3.63) is 41.7 Å². The number of rotatable bonds is 11. The van der Waals surface area contributed by atoms with E-state index in [0.717, 1.165) is 33.9 Å². The van der Waals surface area contributed by atoms with E-state index >= 15 is 0 Å². The topological polar surface area (TPSA) is 54.7 Å². The molecular weight excluding hydrogens is 404 g/mol. The molecule has 0 saturated carbocycles. The van der Waals surface area contributed by atoms with Gasteiger partial charge in [0, 0.05) is 18.7 Å². The quantitative estimate of drug-likeness (QED) is 0.379. The van der Waals surface area contributed by atoms with Gasteiger partial charge in [-0.2, -0.15) is 0 Å². The Labute approximate surface area is 182 Å². The van der Waals surface area contributed by atoms with E-state index in [1.165, 1.54) is 0 Å². The average Bonchev–Trinajstić information content (AvgIpc) is 3.07. The van der Waals surface area contributed by atoms with Crippen molar-refractivity contribution in [1.29, 1.82) is 0 Å². The maximum Gasteiger partial charge on any atom is 0.163 e. The summed E-state index contributed by atoms with van der Waals surface area (Å²) >= 11 is 6.23. The normalized spacial score (nSPS) is 11.0. The van der Waals surface area contributed by atoms with E-state index in [1.54, 1.807) is 0 Å². The van der Waals surface area contributed by atoms with Gasteiger partial charge in [0.25, 0.3) is 0 Å². The molecule has 0 atom stereocenters. The second-order valence-electron chi connectivity index (χ2n) is 6.55. The van der Waals surface area contributed by atoms with Crippen molar-refractivity contribution in [2.45, 2.75) is 40.1 Å². The van der Waals surface area contributed by atoms with Crippen molar-refractivity contribution in [3.63, 3.8) is 0 Å². The number of halogens is 1. The molecule has 0 spiro atoms. The Morgan fingerprint density at radius 3 is 1.93 bits per heavy atom. The van der Waals surface area contributed by atoms with Gasteiger partial charge in [0.1, 0.15) is 5.82 Å². The lowest BCUT2D eigenvalue weighted by atomic mass is 10.2. The van der Waals surface area contributed by atoms with Crippen LogP contribution in [-0.4, -0.2) is 36.0 Å². The van der Waals surface area contributed by atoms with Gasteiger partial charge in [-0.25, -0.2) is 4.98 Å². The molecule has 0 radical (unpaired) electrons. The molecule has 0 N–H and O–H groups in total. The van der Waals surface area contributed by atoms with Gasteiger partial charge in [-0.05, 0) is 45.4 Å². The molecule has 1 heterocycles. The van der Waals surface area contributed by atoms with E-state index in [2.05, 4.69) is 4.57 Å². The number of ether oxygens (including phenoxy) is 4. The Hall–Kier alpha value is -2.60. The summed E-state index contributed by atoms with van der Waals surface area (Å²) in [5, 5.41) is 0. The molecule has 0 unspecified atom stereocenters. The molecule has 1 aromatic heterocycles. The summed E-state index contributed by atoms with van der Waals surface area (Å²) in [4.78, 5) is 4.72. The molecule has 6 nitrogen and oxygen atoms in total. The van der Waals surface area contributed by atoms with E-state index in [9.17, 15) is 0 Å². The summed E-state index contributed by atoms with van der Waals surface area (Å²) in [5.74, 6) is 3.97. The molecule has 0 saturated heterocycles. The fourth-order valence-corrected chi connectivity index (χ4v) is 3.58. The Kier molecular flexibility index (Phi) is 7.69. The van der Waals surface area contributed by atoms with Gasteiger partial charge < -0.3 is 23.5 Å². The number of hydrogen-bond acceptors (Lipinski definition) is 5. The number of aromatic nitrogens is 2. The highest BCUT2D eigenvalue weighted by atomic mass is 35.5. The van der Waals surface area contributed by atoms with Crippen LogP contribution in [0.4, 0.5) is 0 Å². The molecule has 0 bridgehead atoms. The standard InChI is InChI=1S/C23H29ClN2O4/c1-5-27-19-10-9-16(11-20(19)28-6-2)15-26-18-13-22(30-8-4)21(29-7-3)12-17(18)25-23(26)14-24/h9-13H,5-8,14-15H2,1-4H3. The third-order valence-electron chi connectivity index (χ3n) is 4.56. The monoisotopic (exact) mass is 432 g/mol. The number of alkyl halides is 1. The maximum atomic E-state index is 6.23. The van der Waals surface area contributed by atoms with Crippen LogP contribution in [-0.2, 0) is 12.4 Å². The van der Waals surface area contributed by atoms with Crippen LogP contribution in [0.2, 0.25) is 0 Å². The summed E-state index contributed by atoms with van der Waals surface area (Å²) in [7, 11) is 0. The van der Waals surface area contributed by atoms with Gasteiger partial charge in [-0.1, -0.05) is 6.07 Å². The first-order chi connectivity index (χ1) is 14.6. The lowest BCUT2D eigenvalue weighted by molar-refractivity contribution is 0.287. The first-order valence-electron chi connectivity index (χ1n) is 10.4.